The van der Waals surface area contributed by atoms with Gasteiger partial charge in [0.25, 0.3) is 0 Å². The Morgan fingerprint density at radius 3 is 2.14 bits per heavy atom. The Labute approximate surface area is 292 Å². The fourth-order valence-corrected chi connectivity index (χ4v) is 8.61. The minimum Gasteiger partial charge on any atom is -0.457 e. The lowest BCUT2D eigenvalue weighted by atomic mass is 9.74. The summed E-state index contributed by atoms with van der Waals surface area (Å²) in [6, 6.07) is 0. The molecule has 4 fully saturated rings. The molecule has 3 N–H and O–H groups in total. The predicted molar refractivity (Wildman–Crippen MR) is 179 cm³/mol. The fourth-order valence-electron chi connectivity index (χ4n) is 8.61. The van der Waals surface area contributed by atoms with E-state index in [0.717, 1.165) is 0 Å². The SMILES string of the molecule is C=C1[C@@H](CC)OC(=O)[C@H](C)[C@@H](OC2CC(C)(C)[C@@H](O)[C@H](C)O2)[C@H](C)[C@@H](OC2O[C@H](C)C[C@H](C)[C@H]2O)[C@@](C)(O)C[C@@H](C)[C@@H]2OC(=O)O[C@@H]1[C@H]2C. The molecule has 49 heavy (non-hydrogen) atoms. The maximum atomic E-state index is 14.1. The summed E-state index contributed by atoms with van der Waals surface area (Å²) >= 11 is 0. The molecule has 12 nitrogen and oxygen atoms in total. The lowest BCUT2D eigenvalue weighted by Gasteiger charge is -2.49. The van der Waals surface area contributed by atoms with Crippen LogP contribution in [0.15, 0.2) is 12.2 Å². The molecule has 282 valence electrons. The van der Waals surface area contributed by atoms with E-state index in [-0.39, 0.29) is 30.3 Å². The molecular formula is C37H62O12. The first kappa shape index (κ1) is 40.0. The molecule has 2 bridgehead atoms. The van der Waals surface area contributed by atoms with E-state index < -0.39 is 96.4 Å². The Bertz CT molecular complexity index is 1170. The van der Waals surface area contributed by atoms with Crippen LogP contribution >= 0.6 is 0 Å². The first-order chi connectivity index (χ1) is 22.7. The van der Waals surface area contributed by atoms with Gasteiger partial charge >= 0.3 is 12.1 Å². The van der Waals surface area contributed by atoms with Crippen LogP contribution < -0.4 is 0 Å². The zero-order valence-corrected chi connectivity index (χ0v) is 31.3. The molecule has 4 heterocycles. The zero-order valence-electron chi connectivity index (χ0n) is 31.3. The summed E-state index contributed by atoms with van der Waals surface area (Å²) in [5.41, 5.74) is -1.70. The minimum absolute atomic E-state index is 0.121. The van der Waals surface area contributed by atoms with Crippen LogP contribution in [-0.4, -0.2) is 101 Å². The zero-order chi connectivity index (χ0) is 36.7. The average molecular weight is 699 g/mol. The van der Waals surface area contributed by atoms with Crippen LogP contribution in [0.2, 0.25) is 0 Å². The molecule has 0 aromatic heterocycles. The Kier molecular flexibility index (Phi) is 12.6. The maximum Gasteiger partial charge on any atom is 0.509 e. The number of carbonyl (C=O) groups is 2. The van der Waals surface area contributed by atoms with Crippen LogP contribution in [0.3, 0.4) is 0 Å². The molecule has 2 unspecified atom stereocenters. The fraction of sp³-hybridized carbons (Fsp3) is 0.892. The Hall–Kier alpha value is -1.80. The van der Waals surface area contributed by atoms with Gasteiger partial charge in [0.2, 0.25) is 0 Å². The van der Waals surface area contributed by atoms with Crippen molar-refractivity contribution < 1.29 is 58.1 Å². The van der Waals surface area contributed by atoms with E-state index in [1.807, 2.05) is 55.4 Å². The minimum atomic E-state index is -1.61. The molecule has 0 aliphatic carbocycles. The second-order valence-corrected chi connectivity index (χ2v) is 16.4. The summed E-state index contributed by atoms with van der Waals surface area (Å²) in [6.07, 6.45) is -7.80. The summed E-state index contributed by atoms with van der Waals surface area (Å²) in [5.74, 6) is -3.05. The highest BCUT2D eigenvalue weighted by Gasteiger charge is 2.52. The van der Waals surface area contributed by atoms with E-state index in [4.69, 9.17) is 33.2 Å². The molecule has 0 amide bonds. The smallest absolute Gasteiger partial charge is 0.457 e. The number of aliphatic hydroxyl groups is 3. The number of carbonyl (C=O) groups excluding carboxylic acids is 2. The largest absolute Gasteiger partial charge is 0.509 e. The lowest BCUT2D eigenvalue weighted by molar-refractivity contribution is -0.312. The van der Waals surface area contributed by atoms with Crippen molar-refractivity contribution >= 4 is 12.1 Å². The van der Waals surface area contributed by atoms with Gasteiger partial charge in [-0.25, -0.2) is 4.79 Å². The van der Waals surface area contributed by atoms with E-state index >= 15 is 0 Å². The quantitative estimate of drug-likeness (QED) is 0.264. The Balaban J connectivity index is 1.80. The van der Waals surface area contributed by atoms with Gasteiger partial charge in [-0.05, 0) is 64.2 Å². The van der Waals surface area contributed by atoms with Gasteiger partial charge in [0, 0.05) is 23.8 Å². The van der Waals surface area contributed by atoms with Gasteiger partial charge in [0.15, 0.2) is 12.6 Å². The van der Waals surface area contributed by atoms with Gasteiger partial charge in [-0.15, -0.1) is 0 Å². The number of hydrogen-bond donors (Lipinski definition) is 3. The Morgan fingerprint density at radius 1 is 0.878 bits per heavy atom. The van der Waals surface area contributed by atoms with Crippen molar-refractivity contribution in [2.45, 2.75) is 175 Å². The van der Waals surface area contributed by atoms with Crippen LogP contribution in [0, 0.1) is 35.0 Å². The highest BCUT2D eigenvalue weighted by Crippen LogP contribution is 2.43. The van der Waals surface area contributed by atoms with Gasteiger partial charge in [-0.3, -0.25) is 4.79 Å². The van der Waals surface area contributed by atoms with Crippen molar-refractivity contribution in [3.8, 4) is 0 Å². The van der Waals surface area contributed by atoms with Gasteiger partial charge in [-0.1, -0.05) is 55.0 Å². The first-order valence-electron chi connectivity index (χ1n) is 18.1. The van der Waals surface area contributed by atoms with Crippen molar-refractivity contribution in [1.82, 2.24) is 0 Å². The van der Waals surface area contributed by atoms with Crippen molar-refractivity contribution in [2.75, 3.05) is 0 Å². The van der Waals surface area contributed by atoms with E-state index in [1.165, 1.54) is 0 Å². The summed E-state index contributed by atoms with van der Waals surface area (Å²) in [7, 11) is 0. The number of fused-ring (bicyclic) bond motifs is 2. The van der Waals surface area contributed by atoms with Gasteiger partial charge in [0.05, 0.1) is 42.0 Å². The highest BCUT2D eigenvalue weighted by molar-refractivity contribution is 5.73. The number of aliphatic hydroxyl groups excluding tert-OH is 2. The number of rotatable bonds is 5. The summed E-state index contributed by atoms with van der Waals surface area (Å²) in [5, 5.41) is 34.5. The molecule has 0 spiro atoms. The maximum absolute atomic E-state index is 14.1. The van der Waals surface area contributed by atoms with Gasteiger partial charge in [0.1, 0.15) is 24.4 Å². The van der Waals surface area contributed by atoms with Crippen molar-refractivity contribution in [2.24, 2.45) is 35.0 Å². The van der Waals surface area contributed by atoms with E-state index in [0.29, 0.717) is 24.8 Å². The predicted octanol–water partition coefficient (Wildman–Crippen LogP) is 4.89. The van der Waals surface area contributed by atoms with Crippen molar-refractivity contribution in [1.29, 1.82) is 0 Å². The molecule has 0 saturated carbocycles. The summed E-state index contributed by atoms with van der Waals surface area (Å²) < 4.78 is 43.0. The standard InChI is InChI=1S/C37H62O12/c1-13-25-20(5)29-21(6)28(47-35(41)48-29)18(3)15-37(12,42)32(49-34-27(38)17(2)14-19(4)43-34)22(7)30(23(8)33(40)45-25)46-26-16-36(10,11)31(39)24(9)44-26/h17-19,21-32,34,38-39,42H,5,13-16H2,1-4,6-12H3/t17-,18+,19+,21-,22-,23+,24-,25+,26?,27+,28-,29-,30-,31-,32+,34?,37-/m0/s1. The van der Waals surface area contributed by atoms with Crippen molar-refractivity contribution in [3.05, 3.63) is 12.2 Å². The molecule has 0 radical (unpaired) electrons. The third-order valence-corrected chi connectivity index (χ3v) is 11.5. The van der Waals surface area contributed by atoms with Crippen LogP contribution in [0.25, 0.3) is 0 Å². The van der Waals surface area contributed by atoms with Crippen LogP contribution in [0.4, 0.5) is 4.79 Å². The molecule has 17 atom stereocenters. The first-order valence-corrected chi connectivity index (χ1v) is 18.1. The third kappa shape index (κ3) is 8.64. The summed E-state index contributed by atoms with van der Waals surface area (Å²) in [4.78, 5) is 26.8. The molecule has 0 aromatic carbocycles. The van der Waals surface area contributed by atoms with Gasteiger partial charge in [-0.2, -0.15) is 0 Å². The molecular weight excluding hydrogens is 636 g/mol. The van der Waals surface area contributed by atoms with E-state index in [9.17, 15) is 24.9 Å². The molecule has 4 rings (SSSR count). The number of ether oxygens (including phenoxy) is 7. The number of hydrogen-bond acceptors (Lipinski definition) is 12. The molecule has 4 saturated heterocycles. The highest BCUT2D eigenvalue weighted by atomic mass is 16.7. The topological polar surface area (TPSA) is 159 Å². The molecule has 4 aliphatic heterocycles. The lowest BCUT2D eigenvalue weighted by Crippen LogP contribution is -2.58. The molecule has 0 aromatic rings. The van der Waals surface area contributed by atoms with Crippen LogP contribution in [0.1, 0.15) is 102 Å². The summed E-state index contributed by atoms with van der Waals surface area (Å²) in [6.45, 7) is 24.5. The molecule has 12 heteroatoms. The third-order valence-electron chi connectivity index (χ3n) is 11.5. The normalized spacial score (nSPS) is 48.5. The van der Waals surface area contributed by atoms with Crippen LogP contribution in [-0.2, 0) is 38.0 Å². The van der Waals surface area contributed by atoms with Crippen molar-refractivity contribution in [3.63, 3.8) is 0 Å². The average Bonchev–Trinajstić information content (AvgIpc) is 3.01. The number of esters is 1. The Morgan fingerprint density at radius 2 is 1.53 bits per heavy atom. The number of cyclic esters (lactones) is 1. The van der Waals surface area contributed by atoms with E-state index in [2.05, 4.69) is 6.58 Å². The second kappa shape index (κ2) is 15.4. The second-order valence-electron chi connectivity index (χ2n) is 16.4. The molecule has 4 aliphatic rings. The monoisotopic (exact) mass is 698 g/mol. The van der Waals surface area contributed by atoms with Gasteiger partial charge < -0.3 is 48.5 Å². The van der Waals surface area contributed by atoms with E-state index in [1.54, 1.807) is 20.8 Å². The van der Waals surface area contributed by atoms with Crippen LogP contribution in [0.5, 0.6) is 0 Å².